The number of aromatic nitrogens is 2. The summed E-state index contributed by atoms with van der Waals surface area (Å²) in [6, 6.07) is 7.79. The fourth-order valence-electron chi connectivity index (χ4n) is 2.86. The van der Waals surface area contributed by atoms with E-state index in [0.717, 1.165) is 42.8 Å². The van der Waals surface area contributed by atoms with E-state index in [9.17, 15) is 4.79 Å². The number of nitrogens with zero attached hydrogens (tertiary/aromatic N) is 2. The Morgan fingerprint density at radius 2 is 2.15 bits per heavy atom. The average Bonchev–Trinajstić information content (AvgIpc) is 2.93. The molecule has 0 unspecified atom stereocenters. The lowest BCUT2D eigenvalue weighted by atomic mass is 10.2. The molecule has 0 aliphatic carbocycles. The quantitative estimate of drug-likeness (QED) is 0.275. The monoisotopic (exact) mass is 422 g/mol. The lowest BCUT2D eigenvalue weighted by Gasteiger charge is -2.12. The highest BCUT2D eigenvalue weighted by atomic mass is 35.5. The third kappa shape index (κ3) is 4.74. The molecule has 2 heterocycles. The van der Waals surface area contributed by atoms with Crippen molar-refractivity contribution in [2.24, 2.45) is 0 Å². The Balaban J connectivity index is 1.94. The first-order valence-electron chi connectivity index (χ1n) is 8.96. The Kier molecular flexibility index (Phi) is 6.98. The minimum atomic E-state index is 0.0481. The number of rotatable bonds is 8. The van der Waals surface area contributed by atoms with Crippen molar-refractivity contribution in [2.45, 2.75) is 44.6 Å². The number of ether oxygens (including phenoxy) is 1. The summed E-state index contributed by atoms with van der Waals surface area (Å²) in [5.74, 6) is 0.716. The number of thioether (sulfide) groups is 1. The highest BCUT2D eigenvalue weighted by molar-refractivity contribution is 7.98. The van der Waals surface area contributed by atoms with E-state index in [1.54, 1.807) is 27.7 Å². The minimum Gasteiger partial charge on any atom is -0.382 e. The molecule has 0 saturated carbocycles. The number of halogens is 1. The summed E-state index contributed by atoms with van der Waals surface area (Å²) >= 11 is 9.25. The Morgan fingerprint density at radius 3 is 2.89 bits per heavy atom. The van der Waals surface area contributed by atoms with Gasteiger partial charge in [0.05, 0.1) is 5.39 Å². The van der Waals surface area contributed by atoms with Crippen LogP contribution in [0.25, 0.3) is 10.2 Å². The van der Waals surface area contributed by atoms with Crippen molar-refractivity contribution in [1.82, 2.24) is 9.55 Å². The Morgan fingerprint density at radius 1 is 1.33 bits per heavy atom. The van der Waals surface area contributed by atoms with Gasteiger partial charge in [0.25, 0.3) is 5.56 Å². The third-order valence-corrected chi connectivity index (χ3v) is 6.77. The van der Waals surface area contributed by atoms with Crippen LogP contribution < -0.4 is 5.56 Å². The molecule has 3 rings (SSSR count). The SMILES string of the molecule is CCOCCCn1c(SCc2cccc(Cl)c2)nc2sc(C)c(C)c2c1=O. The van der Waals surface area contributed by atoms with Crippen LogP contribution in [-0.2, 0) is 17.0 Å². The maximum absolute atomic E-state index is 13.2. The highest BCUT2D eigenvalue weighted by Crippen LogP contribution is 2.29. The zero-order chi connectivity index (χ0) is 19.4. The van der Waals surface area contributed by atoms with Crippen LogP contribution in [0.2, 0.25) is 5.02 Å². The second kappa shape index (κ2) is 9.24. The van der Waals surface area contributed by atoms with E-state index >= 15 is 0 Å². The summed E-state index contributed by atoms with van der Waals surface area (Å²) in [6.07, 6.45) is 0.786. The van der Waals surface area contributed by atoms with E-state index < -0.39 is 0 Å². The molecule has 0 radical (unpaired) electrons. The van der Waals surface area contributed by atoms with Gasteiger partial charge in [-0.3, -0.25) is 9.36 Å². The van der Waals surface area contributed by atoms with Crippen LogP contribution in [0.3, 0.4) is 0 Å². The zero-order valence-electron chi connectivity index (χ0n) is 15.8. The molecule has 0 N–H and O–H groups in total. The molecule has 3 aromatic rings. The number of hydrogen-bond acceptors (Lipinski definition) is 5. The lowest BCUT2D eigenvalue weighted by Crippen LogP contribution is -2.24. The van der Waals surface area contributed by atoms with Crippen LogP contribution in [0.1, 0.15) is 29.3 Å². The van der Waals surface area contributed by atoms with Crippen molar-refractivity contribution >= 4 is 44.9 Å². The van der Waals surface area contributed by atoms with Crippen LogP contribution in [0, 0.1) is 13.8 Å². The molecule has 4 nitrogen and oxygen atoms in total. The average molecular weight is 423 g/mol. The van der Waals surface area contributed by atoms with E-state index in [-0.39, 0.29) is 5.56 Å². The number of fused-ring (bicyclic) bond motifs is 1. The molecule has 1 aromatic carbocycles. The summed E-state index contributed by atoms with van der Waals surface area (Å²) in [4.78, 5) is 20.0. The van der Waals surface area contributed by atoms with Gasteiger partial charge in [-0.15, -0.1) is 11.3 Å². The predicted molar refractivity (Wildman–Crippen MR) is 115 cm³/mol. The molecule has 144 valence electrons. The maximum atomic E-state index is 13.2. The van der Waals surface area contributed by atoms with Crippen LogP contribution in [0.5, 0.6) is 0 Å². The van der Waals surface area contributed by atoms with Gasteiger partial charge in [0, 0.05) is 35.4 Å². The topological polar surface area (TPSA) is 44.1 Å². The molecule has 0 aliphatic rings. The van der Waals surface area contributed by atoms with Crippen LogP contribution in [0.4, 0.5) is 0 Å². The molecule has 0 fully saturated rings. The molecular formula is C20H23ClN2O2S2. The van der Waals surface area contributed by atoms with Crippen molar-refractivity contribution < 1.29 is 4.74 Å². The van der Waals surface area contributed by atoms with Crippen LogP contribution in [-0.4, -0.2) is 22.8 Å². The minimum absolute atomic E-state index is 0.0481. The van der Waals surface area contributed by atoms with Crippen molar-refractivity contribution in [3.05, 3.63) is 55.6 Å². The summed E-state index contributed by atoms with van der Waals surface area (Å²) in [5.41, 5.74) is 2.20. The van der Waals surface area contributed by atoms with Gasteiger partial charge in [-0.05, 0) is 50.5 Å². The Hall–Kier alpha value is -1.34. The first-order chi connectivity index (χ1) is 13.0. The van der Waals surface area contributed by atoms with Gasteiger partial charge in [-0.2, -0.15) is 0 Å². The molecule has 7 heteroatoms. The normalized spacial score (nSPS) is 11.4. The molecule has 0 amide bonds. The fourth-order valence-corrected chi connectivity index (χ4v) is 5.11. The second-order valence-electron chi connectivity index (χ2n) is 6.28. The Labute approximate surface area is 172 Å². The number of benzene rings is 1. The molecule has 0 spiro atoms. The number of hydrogen-bond donors (Lipinski definition) is 0. The summed E-state index contributed by atoms with van der Waals surface area (Å²) < 4.78 is 7.24. The Bertz CT molecular complexity index is 998. The second-order valence-corrected chi connectivity index (χ2v) is 8.87. The summed E-state index contributed by atoms with van der Waals surface area (Å²) in [5, 5.41) is 2.22. The first-order valence-corrected chi connectivity index (χ1v) is 11.1. The van der Waals surface area contributed by atoms with Gasteiger partial charge >= 0.3 is 0 Å². The van der Waals surface area contributed by atoms with E-state index in [1.807, 2.05) is 45.0 Å². The van der Waals surface area contributed by atoms with Crippen LogP contribution >= 0.6 is 34.7 Å². The van der Waals surface area contributed by atoms with Crippen molar-refractivity contribution in [2.75, 3.05) is 13.2 Å². The van der Waals surface area contributed by atoms with Gasteiger partial charge in [0.15, 0.2) is 5.16 Å². The number of aryl methyl sites for hydroxylation is 2. The zero-order valence-corrected chi connectivity index (χ0v) is 18.1. The first kappa shape index (κ1) is 20.4. The van der Waals surface area contributed by atoms with Crippen LogP contribution in [0.15, 0.2) is 34.2 Å². The fraction of sp³-hybridized carbons (Fsp3) is 0.400. The van der Waals surface area contributed by atoms with Gasteiger partial charge in [0.2, 0.25) is 0 Å². The van der Waals surface area contributed by atoms with Crippen molar-refractivity contribution in [3.8, 4) is 0 Å². The van der Waals surface area contributed by atoms with E-state index in [2.05, 4.69) is 0 Å². The van der Waals surface area contributed by atoms with E-state index in [0.29, 0.717) is 25.5 Å². The standard InChI is InChI=1S/C20H23ClN2O2S2/c1-4-25-10-6-9-23-19(24)17-13(2)14(3)27-18(17)22-20(23)26-12-15-7-5-8-16(21)11-15/h5,7-8,11H,4,6,9-10,12H2,1-3H3. The van der Waals surface area contributed by atoms with Gasteiger partial charge < -0.3 is 4.74 Å². The molecule has 0 bridgehead atoms. The van der Waals surface area contributed by atoms with Gasteiger partial charge in [-0.25, -0.2) is 4.98 Å². The molecular weight excluding hydrogens is 400 g/mol. The smallest absolute Gasteiger partial charge is 0.263 e. The lowest BCUT2D eigenvalue weighted by molar-refractivity contribution is 0.140. The van der Waals surface area contributed by atoms with E-state index in [1.165, 1.54) is 0 Å². The highest BCUT2D eigenvalue weighted by Gasteiger charge is 2.16. The van der Waals surface area contributed by atoms with E-state index in [4.69, 9.17) is 21.3 Å². The van der Waals surface area contributed by atoms with Gasteiger partial charge in [-0.1, -0.05) is 35.5 Å². The predicted octanol–water partition coefficient (Wildman–Crippen LogP) is 5.45. The molecule has 0 saturated heterocycles. The van der Waals surface area contributed by atoms with Crippen molar-refractivity contribution in [3.63, 3.8) is 0 Å². The van der Waals surface area contributed by atoms with Crippen molar-refractivity contribution in [1.29, 1.82) is 0 Å². The molecule has 27 heavy (non-hydrogen) atoms. The third-order valence-electron chi connectivity index (χ3n) is 4.39. The van der Waals surface area contributed by atoms with Gasteiger partial charge in [0.1, 0.15) is 4.83 Å². The molecule has 2 aromatic heterocycles. The molecule has 0 aliphatic heterocycles. The number of thiophene rings is 1. The summed E-state index contributed by atoms with van der Waals surface area (Å²) in [6.45, 7) is 7.95. The largest absolute Gasteiger partial charge is 0.382 e. The molecule has 0 atom stereocenters. The summed E-state index contributed by atoms with van der Waals surface area (Å²) in [7, 11) is 0. The maximum Gasteiger partial charge on any atom is 0.263 e.